The first-order valence-electron chi connectivity index (χ1n) is 7.91. The molecule has 0 saturated carbocycles. The predicted molar refractivity (Wildman–Crippen MR) is 103 cm³/mol. The van der Waals surface area contributed by atoms with E-state index in [-0.39, 0.29) is 23.8 Å². The number of hydrogen-bond donors (Lipinski definition) is 4. The summed E-state index contributed by atoms with van der Waals surface area (Å²) < 4.78 is 28.1. The molecular formula is C17H18BrN3O5S. The van der Waals surface area contributed by atoms with Crippen LogP contribution in [0, 0.1) is 0 Å². The van der Waals surface area contributed by atoms with Gasteiger partial charge in [0.25, 0.3) is 15.9 Å². The van der Waals surface area contributed by atoms with E-state index >= 15 is 0 Å². The zero-order valence-electron chi connectivity index (χ0n) is 14.1. The van der Waals surface area contributed by atoms with Gasteiger partial charge in [-0.2, -0.15) is 0 Å². The van der Waals surface area contributed by atoms with Crippen molar-refractivity contribution in [3.8, 4) is 0 Å². The Labute approximate surface area is 165 Å². The maximum Gasteiger partial charge on any atom is 0.261 e. The van der Waals surface area contributed by atoms with E-state index in [0.717, 1.165) is 4.47 Å². The highest BCUT2D eigenvalue weighted by molar-refractivity contribution is 9.10. The summed E-state index contributed by atoms with van der Waals surface area (Å²) >= 11 is 3.28. The molecule has 0 atom stereocenters. The van der Waals surface area contributed by atoms with Crippen LogP contribution in [0.15, 0.2) is 57.9 Å². The first-order valence-corrected chi connectivity index (χ1v) is 10.2. The van der Waals surface area contributed by atoms with Crippen molar-refractivity contribution in [2.45, 2.75) is 17.7 Å². The second-order valence-electron chi connectivity index (χ2n) is 5.53. The molecule has 8 nitrogen and oxygen atoms in total. The largest absolute Gasteiger partial charge is 0.352 e. The van der Waals surface area contributed by atoms with Crippen molar-refractivity contribution >= 4 is 43.5 Å². The minimum absolute atomic E-state index is 0.0292. The number of anilines is 1. The molecule has 2 rings (SSSR count). The Morgan fingerprint density at radius 3 is 2.22 bits per heavy atom. The smallest absolute Gasteiger partial charge is 0.261 e. The second-order valence-corrected chi connectivity index (χ2v) is 8.13. The monoisotopic (exact) mass is 455 g/mol. The minimum Gasteiger partial charge on any atom is -0.352 e. The molecule has 2 amide bonds. The maximum atomic E-state index is 12.4. The fourth-order valence-corrected chi connectivity index (χ4v) is 3.45. The zero-order chi connectivity index (χ0) is 19.9. The average molecular weight is 456 g/mol. The van der Waals surface area contributed by atoms with Crippen molar-refractivity contribution in [1.82, 2.24) is 10.8 Å². The van der Waals surface area contributed by atoms with Crippen LogP contribution in [-0.2, 0) is 14.8 Å². The summed E-state index contributed by atoms with van der Waals surface area (Å²) in [5, 5.41) is 11.0. The molecule has 0 unspecified atom stereocenters. The summed E-state index contributed by atoms with van der Waals surface area (Å²) in [7, 11) is -3.77. The van der Waals surface area contributed by atoms with E-state index in [0.29, 0.717) is 17.7 Å². The molecule has 27 heavy (non-hydrogen) atoms. The van der Waals surface area contributed by atoms with E-state index in [1.54, 1.807) is 24.3 Å². The summed E-state index contributed by atoms with van der Waals surface area (Å²) in [6.07, 6.45) is 0.442. The lowest BCUT2D eigenvalue weighted by Gasteiger charge is -2.09. The van der Waals surface area contributed by atoms with Crippen molar-refractivity contribution in [3.05, 3.63) is 58.6 Å². The standard InChI is InChI=1S/C17H18BrN3O5S/c18-13-5-7-14(8-6-13)21-27(25,26)15-9-3-12(4-10-15)17(23)19-11-1-2-16(22)20-24/h3-10,21,24H,1-2,11H2,(H,19,23)(H,20,22). The van der Waals surface area contributed by atoms with Crippen LogP contribution in [0.2, 0.25) is 0 Å². The lowest BCUT2D eigenvalue weighted by atomic mass is 10.2. The molecule has 4 N–H and O–H groups in total. The average Bonchev–Trinajstić information content (AvgIpc) is 2.66. The number of amides is 2. The van der Waals surface area contributed by atoms with Gasteiger partial charge in [0.1, 0.15) is 0 Å². The molecule has 0 heterocycles. The van der Waals surface area contributed by atoms with E-state index < -0.39 is 15.9 Å². The van der Waals surface area contributed by atoms with Crippen LogP contribution in [0.1, 0.15) is 23.2 Å². The summed E-state index contributed by atoms with van der Waals surface area (Å²) in [5.74, 6) is -0.915. The number of carbonyl (C=O) groups excluding carboxylic acids is 2. The molecule has 0 aliphatic heterocycles. The Morgan fingerprint density at radius 1 is 1.00 bits per heavy atom. The Morgan fingerprint density at radius 2 is 1.63 bits per heavy atom. The van der Waals surface area contributed by atoms with Gasteiger partial charge in [0.15, 0.2) is 0 Å². The SMILES string of the molecule is O=C(CCCNC(=O)c1ccc(S(=O)(=O)Nc2ccc(Br)cc2)cc1)NO. The number of rotatable bonds is 8. The van der Waals surface area contributed by atoms with Gasteiger partial charge in [-0.15, -0.1) is 0 Å². The van der Waals surface area contributed by atoms with Gasteiger partial charge in [-0.05, 0) is 55.0 Å². The van der Waals surface area contributed by atoms with Gasteiger partial charge in [0.05, 0.1) is 4.90 Å². The van der Waals surface area contributed by atoms with Gasteiger partial charge < -0.3 is 5.32 Å². The number of benzene rings is 2. The molecule has 0 aliphatic rings. The van der Waals surface area contributed by atoms with Crippen LogP contribution in [0.5, 0.6) is 0 Å². The number of hydrogen-bond acceptors (Lipinski definition) is 5. The number of sulfonamides is 1. The molecule has 2 aromatic rings. The van der Waals surface area contributed by atoms with E-state index in [1.165, 1.54) is 29.7 Å². The zero-order valence-corrected chi connectivity index (χ0v) is 16.5. The third-order valence-corrected chi connectivity index (χ3v) is 5.44. The Hall–Kier alpha value is -2.43. The molecule has 0 radical (unpaired) electrons. The molecule has 0 spiro atoms. The fraction of sp³-hybridized carbons (Fsp3) is 0.176. The molecule has 0 aromatic heterocycles. The van der Waals surface area contributed by atoms with E-state index in [2.05, 4.69) is 26.0 Å². The lowest BCUT2D eigenvalue weighted by Crippen LogP contribution is -2.26. The van der Waals surface area contributed by atoms with Crippen molar-refractivity contribution in [3.63, 3.8) is 0 Å². The molecular weight excluding hydrogens is 438 g/mol. The molecule has 0 saturated heterocycles. The van der Waals surface area contributed by atoms with Crippen molar-refractivity contribution in [2.24, 2.45) is 0 Å². The quantitative estimate of drug-likeness (QED) is 0.276. The highest BCUT2D eigenvalue weighted by atomic mass is 79.9. The summed E-state index contributed by atoms with van der Waals surface area (Å²) in [5.41, 5.74) is 2.23. The maximum absolute atomic E-state index is 12.4. The van der Waals surface area contributed by atoms with E-state index in [9.17, 15) is 18.0 Å². The Kier molecular flexibility index (Phi) is 7.34. The Balaban J connectivity index is 1.96. The molecule has 0 aliphatic carbocycles. The van der Waals surface area contributed by atoms with Crippen LogP contribution in [0.25, 0.3) is 0 Å². The first kappa shape index (κ1) is 20.9. The third kappa shape index (κ3) is 6.35. The third-order valence-electron chi connectivity index (χ3n) is 3.51. The summed E-state index contributed by atoms with van der Waals surface area (Å²) in [6, 6.07) is 12.2. The Bertz CT molecular complexity index is 899. The summed E-state index contributed by atoms with van der Waals surface area (Å²) in [4.78, 5) is 22.9. The normalized spacial score (nSPS) is 10.9. The van der Waals surface area contributed by atoms with Crippen LogP contribution in [-0.4, -0.2) is 32.0 Å². The van der Waals surface area contributed by atoms with Crippen molar-refractivity contribution in [2.75, 3.05) is 11.3 Å². The number of hydroxylamine groups is 1. The fourth-order valence-electron chi connectivity index (χ4n) is 2.13. The van der Waals surface area contributed by atoms with Gasteiger partial charge in [0.2, 0.25) is 5.91 Å². The number of nitrogens with one attached hydrogen (secondary N) is 3. The second kappa shape index (κ2) is 9.49. The molecule has 144 valence electrons. The van der Waals surface area contributed by atoms with Crippen LogP contribution in [0.4, 0.5) is 5.69 Å². The molecule has 0 fully saturated rings. The van der Waals surface area contributed by atoms with Gasteiger partial charge in [-0.1, -0.05) is 15.9 Å². The van der Waals surface area contributed by atoms with Crippen molar-refractivity contribution < 1.29 is 23.2 Å². The van der Waals surface area contributed by atoms with Gasteiger partial charge in [-0.3, -0.25) is 19.5 Å². The van der Waals surface area contributed by atoms with E-state index in [1.807, 2.05) is 0 Å². The van der Waals surface area contributed by atoms with Gasteiger partial charge in [0, 0.05) is 28.7 Å². The molecule has 10 heteroatoms. The van der Waals surface area contributed by atoms with Crippen molar-refractivity contribution in [1.29, 1.82) is 0 Å². The van der Waals surface area contributed by atoms with Crippen LogP contribution >= 0.6 is 15.9 Å². The van der Waals surface area contributed by atoms with Gasteiger partial charge >= 0.3 is 0 Å². The minimum atomic E-state index is -3.77. The number of halogens is 1. The molecule has 0 bridgehead atoms. The van der Waals surface area contributed by atoms with Gasteiger partial charge in [-0.25, -0.2) is 13.9 Å². The van der Waals surface area contributed by atoms with Crippen LogP contribution < -0.4 is 15.5 Å². The lowest BCUT2D eigenvalue weighted by molar-refractivity contribution is -0.129. The van der Waals surface area contributed by atoms with Crippen LogP contribution in [0.3, 0.4) is 0 Å². The molecule has 2 aromatic carbocycles. The summed E-state index contributed by atoms with van der Waals surface area (Å²) in [6.45, 7) is 0.247. The predicted octanol–water partition coefficient (Wildman–Crippen LogP) is 2.27. The highest BCUT2D eigenvalue weighted by Crippen LogP contribution is 2.19. The van der Waals surface area contributed by atoms with E-state index in [4.69, 9.17) is 5.21 Å². The highest BCUT2D eigenvalue weighted by Gasteiger charge is 2.15. The first-order chi connectivity index (χ1) is 12.8. The number of carbonyl (C=O) groups is 2. The topological polar surface area (TPSA) is 125 Å².